The lowest BCUT2D eigenvalue weighted by atomic mass is 10.1. The van der Waals surface area contributed by atoms with E-state index in [2.05, 4.69) is 4.98 Å². The van der Waals surface area contributed by atoms with Gasteiger partial charge in [0.25, 0.3) is 15.9 Å². The van der Waals surface area contributed by atoms with Gasteiger partial charge in [-0.05, 0) is 24.3 Å². The topological polar surface area (TPSA) is 88.2 Å². The highest BCUT2D eigenvalue weighted by molar-refractivity contribution is 7.89. The first kappa shape index (κ1) is 17.7. The van der Waals surface area contributed by atoms with Crippen molar-refractivity contribution < 1.29 is 17.6 Å². The van der Waals surface area contributed by atoms with Crippen molar-refractivity contribution in [2.75, 3.05) is 0 Å². The van der Waals surface area contributed by atoms with Crippen LogP contribution in [0.1, 0.15) is 10.5 Å². The van der Waals surface area contributed by atoms with Gasteiger partial charge in [0.15, 0.2) is 0 Å². The Morgan fingerprint density at radius 1 is 0.885 bits per heavy atom. The minimum absolute atomic E-state index is 0.0163. The van der Waals surface area contributed by atoms with E-state index in [0.29, 0.717) is 5.69 Å². The number of nitrogens with zero attached hydrogens (tertiary/aromatic N) is 1. The van der Waals surface area contributed by atoms with Crippen molar-refractivity contribution >= 4 is 15.9 Å². The highest BCUT2D eigenvalue weighted by atomic mass is 32.2. The van der Waals surface area contributed by atoms with Gasteiger partial charge in [0.1, 0.15) is 16.4 Å². The number of hydrogen-bond donors (Lipinski definition) is 2. The van der Waals surface area contributed by atoms with Gasteiger partial charge in [-0.25, -0.2) is 17.8 Å². The third-order valence-corrected chi connectivity index (χ3v) is 4.76. The summed E-state index contributed by atoms with van der Waals surface area (Å²) in [6.07, 6.45) is 0. The lowest BCUT2D eigenvalue weighted by Gasteiger charge is -2.09. The van der Waals surface area contributed by atoms with E-state index >= 15 is 0 Å². The molecule has 2 aromatic carbocycles. The Balaban J connectivity index is 1.76. The van der Waals surface area contributed by atoms with Crippen LogP contribution in [0.5, 0.6) is 0 Å². The zero-order chi connectivity index (χ0) is 18.6. The molecule has 3 rings (SSSR count). The van der Waals surface area contributed by atoms with Crippen LogP contribution in [0, 0.1) is 5.82 Å². The molecule has 3 aromatic rings. The summed E-state index contributed by atoms with van der Waals surface area (Å²) < 4.78 is 37.8. The van der Waals surface area contributed by atoms with Crippen LogP contribution in [0.2, 0.25) is 0 Å². The fraction of sp³-hybridized carbons (Fsp3) is 0. The van der Waals surface area contributed by atoms with Gasteiger partial charge in [-0.3, -0.25) is 10.2 Å². The molecule has 1 amide bonds. The van der Waals surface area contributed by atoms with Crippen molar-refractivity contribution in [1.82, 2.24) is 15.2 Å². The van der Waals surface area contributed by atoms with Crippen molar-refractivity contribution in [1.29, 1.82) is 0 Å². The summed E-state index contributed by atoms with van der Waals surface area (Å²) in [5.41, 5.74) is 3.43. The predicted octanol–water partition coefficient (Wildman–Crippen LogP) is 2.51. The number of amides is 1. The van der Waals surface area contributed by atoms with Crippen LogP contribution < -0.4 is 10.3 Å². The van der Waals surface area contributed by atoms with E-state index in [4.69, 9.17) is 0 Å². The average Bonchev–Trinajstić information content (AvgIpc) is 2.67. The second-order valence-corrected chi connectivity index (χ2v) is 6.91. The standard InChI is InChI=1S/C18H14FN3O3S/c19-14-9-4-5-12-17(14)26(24,25)22-21-18(23)16-11-6-10-15(20-16)13-7-2-1-3-8-13/h1-12,22H,(H,21,23). The number of hydrogen-bond acceptors (Lipinski definition) is 4. The van der Waals surface area contributed by atoms with Crippen LogP contribution in [0.15, 0.2) is 77.7 Å². The van der Waals surface area contributed by atoms with Crippen molar-refractivity contribution in [3.05, 3.63) is 84.3 Å². The smallest absolute Gasteiger partial charge is 0.272 e. The summed E-state index contributed by atoms with van der Waals surface area (Å²) in [6, 6.07) is 18.9. The molecule has 1 aromatic heterocycles. The van der Waals surface area contributed by atoms with Crippen LogP contribution in [0.3, 0.4) is 0 Å². The summed E-state index contributed by atoms with van der Waals surface area (Å²) in [6.45, 7) is 0. The zero-order valence-corrected chi connectivity index (χ0v) is 14.2. The molecule has 0 fully saturated rings. The molecular formula is C18H14FN3O3S. The molecule has 0 aliphatic rings. The van der Waals surface area contributed by atoms with E-state index in [-0.39, 0.29) is 5.69 Å². The van der Waals surface area contributed by atoms with E-state index in [1.807, 2.05) is 40.6 Å². The van der Waals surface area contributed by atoms with E-state index in [9.17, 15) is 17.6 Å². The number of benzene rings is 2. The quantitative estimate of drug-likeness (QED) is 0.675. The van der Waals surface area contributed by atoms with Gasteiger partial charge in [-0.15, -0.1) is 4.83 Å². The van der Waals surface area contributed by atoms with Crippen LogP contribution >= 0.6 is 0 Å². The molecule has 1 heterocycles. The minimum atomic E-state index is -4.24. The molecule has 0 unspecified atom stereocenters. The van der Waals surface area contributed by atoms with Gasteiger partial charge in [-0.1, -0.05) is 48.5 Å². The lowest BCUT2D eigenvalue weighted by Crippen LogP contribution is -2.42. The number of hydrazine groups is 1. The maximum absolute atomic E-state index is 13.6. The van der Waals surface area contributed by atoms with Gasteiger partial charge < -0.3 is 0 Å². The Kier molecular flexibility index (Phi) is 5.06. The number of rotatable bonds is 5. The molecule has 2 N–H and O–H groups in total. The maximum atomic E-state index is 13.6. The number of nitrogens with one attached hydrogen (secondary N) is 2. The molecule has 8 heteroatoms. The molecular weight excluding hydrogens is 357 g/mol. The molecule has 0 saturated carbocycles. The largest absolute Gasteiger partial charge is 0.284 e. The second kappa shape index (κ2) is 7.42. The van der Waals surface area contributed by atoms with Crippen molar-refractivity contribution in [2.24, 2.45) is 0 Å². The summed E-state index contributed by atoms with van der Waals surface area (Å²) in [4.78, 5) is 17.7. The van der Waals surface area contributed by atoms with Crippen LogP contribution in [0.25, 0.3) is 11.3 Å². The first-order valence-corrected chi connectivity index (χ1v) is 9.05. The van der Waals surface area contributed by atoms with Gasteiger partial charge in [-0.2, -0.15) is 0 Å². The van der Waals surface area contributed by atoms with Gasteiger partial charge in [0.2, 0.25) is 0 Å². The zero-order valence-electron chi connectivity index (χ0n) is 13.4. The fourth-order valence-electron chi connectivity index (χ4n) is 2.23. The van der Waals surface area contributed by atoms with Crippen molar-refractivity contribution in [3.8, 4) is 11.3 Å². The van der Waals surface area contributed by atoms with E-state index < -0.39 is 26.6 Å². The van der Waals surface area contributed by atoms with E-state index in [0.717, 1.165) is 17.7 Å². The molecule has 0 radical (unpaired) electrons. The van der Waals surface area contributed by atoms with Crippen LogP contribution in [0.4, 0.5) is 4.39 Å². The summed E-state index contributed by atoms with van der Waals surface area (Å²) >= 11 is 0. The van der Waals surface area contributed by atoms with Crippen molar-refractivity contribution in [2.45, 2.75) is 4.90 Å². The van der Waals surface area contributed by atoms with Gasteiger partial charge in [0.05, 0.1) is 5.69 Å². The van der Waals surface area contributed by atoms with Gasteiger partial charge in [0, 0.05) is 5.56 Å². The number of pyridine rings is 1. The number of carbonyl (C=O) groups is 1. The Hall–Kier alpha value is -3.10. The van der Waals surface area contributed by atoms with E-state index in [1.54, 1.807) is 12.1 Å². The molecule has 132 valence electrons. The highest BCUT2D eigenvalue weighted by Crippen LogP contribution is 2.16. The second-order valence-electron chi connectivity index (χ2n) is 5.26. The fourth-order valence-corrected chi connectivity index (χ4v) is 3.15. The monoisotopic (exact) mass is 371 g/mol. The molecule has 26 heavy (non-hydrogen) atoms. The summed E-state index contributed by atoms with van der Waals surface area (Å²) in [5, 5.41) is 0. The Bertz CT molecular complexity index is 1040. The third kappa shape index (κ3) is 3.93. The Labute approximate surface area is 149 Å². The maximum Gasteiger partial charge on any atom is 0.284 e. The van der Waals surface area contributed by atoms with Gasteiger partial charge >= 0.3 is 0 Å². The SMILES string of the molecule is O=C(NNS(=O)(=O)c1ccccc1F)c1cccc(-c2ccccc2)n1. The molecule has 0 spiro atoms. The number of sulfonamides is 1. The number of halogens is 1. The molecule has 0 aliphatic heterocycles. The van der Waals surface area contributed by atoms with Crippen LogP contribution in [-0.2, 0) is 10.0 Å². The number of carbonyl (C=O) groups excluding carboxylic acids is 1. The molecule has 6 nitrogen and oxygen atoms in total. The normalized spacial score (nSPS) is 11.1. The molecule has 0 saturated heterocycles. The molecule has 0 atom stereocenters. The Morgan fingerprint density at radius 3 is 2.31 bits per heavy atom. The minimum Gasteiger partial charge on any atom is -0.272 e. The number of aromatic nitrogens is 1. The highest BCUT2D eigenvalue weighted by Gasteiger charge is 2.20. The van der Waals surface area contributed by atoms with Crippen molar-refractivity contribution in [3.63, 3.8) is 0 Å². The predicted molar refractivity (Wildman–Crippen MR) is 93.9 cm³/mol. The molecule has 0 aliphatic carbocycles. The molecule has 0 bridgehead atoms. The first-order chi connectivity index (χ1) is 12.5. The Morgan fingerprint density at radius 2 is 1.58 bits per heavy atom. The first-order valence-electron chi connectivity index (χ1n) is 7.56. The third-order valence-electron chi connectivity index (χ3n) is 3.48. The summed E-state index contributed by atoms with van der Waals surface area (Å²) in [7, 11) is -4.24. The average molecular weight is 371 g/mol. The lowest BCUT2D eigenvalue weighted by molar-refractivity contribution is 0.0940. The van der Waals surface area contributed by atoms with Crippen LogP contribution in [-0.4, -0.2) is 19.3 Å². The summed E-state index contributed by atoms with van der Waals surface area (Å²) in [5.74, 6) is -1.68. The van der Waals surface area contributed by atoms with E-state index in [1.165, 1.54) is 18.2 Å².